The lowest BCUT2D eigenvalue weighted by Crippen LogP contribution is -2.26. The van der Waals surface area contributed by atoms with E-state index in [4.69, 9.17) is 0 Å². The smallest absolute Gasteiger partial charge is 0.161 e. The Morgan fingerprint density at radius 1 is 1.17 bits per heavy atom. The van der Waals surface area contributed by atoms with Crippen LogP contribution in [0, 0.1) is 0 Å². The number of carbonyl (C=O) groups excluding carboxylic acids is 1. The van der Waals surface area contributed by atoms with Gasteiger partial charge in [0.1, 0.15) is 5.82 Å². The molecule has 1 rings (SSSR count). The molecule has 1 aromatic rings. The van der Waals surface area contributed by atoms with Crippen LogP contribution in [-0.4, -0.2) is 23.9 Å². The summed E-state index contributed by atoms with van der Waals surface area (Å²) in [6, 6.07) is 3.83. The minimum atomic E-state index is 0.0720. The fraction of sp³-hybridized carbons (Fsp3) is 0.600. The first-order chi connectivity index (χ1) is 8.69. The molecular formula is C15H24N2O. The van der Waals surface area contributed by atoms with Crippen molar-refractivity contribution < 1.29 is 4.79 Å². The lowest BCUT2D eigenvalue weighted by atomic mass is 10.2. The number of rotatable bonds is 8. The van der Waals surface area contributed by atoms with Gasteiger partial charge in [-0.2, -0.15) is 0 Å². The van der Waals surface area contributed by atoms with E-state index in [1.807, 2.05) is 12.1 Å². The van der Waals surface area contributed by atoms with Gasteiger partial charge >= 0.3 is 0 Å². The van der Waals surface area contributed by atoms with Gasteiger partial charge in [0.2, 0.25) is 0 Å². The van der Waals surface area contributed by atoms with E-state index in [0.29, 0.717) is 5.56 Å². The first-order valence-corrected chi connectivity index (χ1v) is 6.91. The molecular weight excluding hydrogens is 224 g/mol. The molecule has 3 nitrogen and oxygen atoms in total. The predicted molar refractivity (Wildman–Crippen MR) is 76.3 cm³/mol. The molecule has 0 unspecified atom stereocenters. The van der Waals surface area contributed by atoms with Crippen LogP contribution in [0.15, 0.2) is 18.3 Å². The zero-order valence-corrected chi connectivity index (χ0v) is 11.8. The number of hydrogen-bond donors (Lipinski definition) is 0. The Bertz CT molecular complexity index is 351. The highest BCUT2D eigenvalue weighted by Crippen LogP contribution is 2.13. The highest BCUT2D eigenvalue weighted by Gasteiger charge is 2.07. The Labute approximate surface area is 110 Å². The topological polar surface area (TPSA) is 33.2 Å². The molecule has 0 atom stereocenters. The largest absolute Gasteiger partial charge is 0.357 e. The lowest BCUT2D eigenvalue weighted by Gasteiger charge is -2.23. The third-order valence-corrected chi connectivity index (χ3v) is 3.04. The average molecular weight is 248 g/mol. The van der Waals surface area contributed by atoms with Crippen LogP contribution in [-0.2, 0) is 0 Å². The van der Waals surface area contributed by atoms with Crippen LogP contribution in [0.1, 0.15) is 56.8 Å². The second kappa shape index (κ2) is 7.85. The summed E-state index contributed by atoms with van der Waals surface area (Å²) in [6.45, 7) is 8.06. The minimum absolute atomic E-state index is 0.0720. The number of anilines is 1. The lowest BCUT2D eigenvalue weighted by molar-refractivity contribution is 0.101. The van der Waals surface area contributed by atoms with Gasteiger partial charge in [0.25, 0.3) is 0 Å². The fourth-order valence-corrected chi connectivity index (χ4v) is 1.82. The van der Waals surface area contributed by atoms with Crippen LogP contribution < -0.4 is 4.90 Å². The molecule has 0 aliphatic rings. The molecule has 18 heavy (non-hydrogen) atoms. The molecule has 0 saturated heterocycles. The van der Waals surface area contributed by atoms with Crippen LogP contribution in [0.4, 0.5) is 5.82 Å². The van der Waals surface area contributed by atoms with Crippen LogP contribution in [0.2, 0.25) is 0 Å². The minimum Gasteiger partial charge on any atom is -0.357 e. The standard InChI is InChI=1S/C15H24N2O/c1-4-6-10-17(11-7-5-2)15-9-8-14(12-16-15)13(3)18/h8-9,12H,4-7,10-11H2,1-3H3. The van der Waals surface area contributed by atoms with E-state index in [0.717, 1.165) is 18.9 Å². The quantitative estimate of drug-likeness (QED) is 0.658. The third kappa shape index (κ3) is 4.47. The van der Waals surface area contributed by atoms with Crippen molar-refractivity contribution in [2.75, 3.05) is 18.0 Å². The van der Waals surface area contributed by atoms with Crippen LogP contribution in [0.25, 0.3) is 0 Å². The first-order valence-electron chi connectivity index (χ1n) is 6.91. The van der Waals surface area contributed by atoms with Crippen molar-refractivity contribution in [2.24, 2.45) is 0 Å². The summed E-state index contributed by atoms with van der Waals surface area (Å²) in [5, 5.41) is 0. The number of hydrogen-bond acceptors (Lipinski definition) is 3. The van der Waals surface area contributed by atoms with Crippen molar-refractivity contribution in [2.45, 2.75) is 46.5 Å². The summed E-state index contributed by atoms with van der Waals surface area (Å²) in [7, 11) is 0. The van der Waals surface area contributed by atoms with Crippen LogP contribution in [0.3, 0.4) is 0 Å². The number of aromatic nitrogens is 1. The molecule has 0 fully saturated rings. The predicted octanol–water partition coefficient (Wildman–Crippen LogP) is 3.69. The molecule has 0 amide bonds. The summed E-state index contributed by atoms with van der Waals surface area (Å²) in [5.74, 6) is 1.06. The second-order valence-corrected chi connectivity index (χ2v) is 4.66. The van der Waals surface area contributed by atoms with Crippen molar-refractivity contribution in [3.05, 3.63) is 23.9 Å². The van der Waals surface area contributed by atoms with Gasteiger partial charge in [0.15, 0.2) is 5.78 Å². The van der Waals surface area contributed by atoms with Gasteiger partial charge in [-0.05, 0) is 31.9 Å². The maximum absolute atomic E-state index is 11.2. The zero-order valence-electron chi connectivity index (χ0n) is 11.8. The van der Waals surface area contributed by atoms with E-state index in [-0.39, 0.29) is 5.78 Å². The third-order valence-electron chi connectivity index (χ3n) is 3.04. The van der Waals surface area contributed by atoms with E-state index in [2.05, 4.69) is 23.7 Å². The molecule has 0 saturated carbocycles. The molecule has 0 aromatic carbocycles. The van der Waals surface area contributed by atoms with Gasteiger partial charge in [-0.25, -0.2) is 4.98 Å². The van der Waals surface area contributed by atoms with Crippen LogP contribution in [0.5, 0.6) is 0 Å². The van der Waals surface area contributed by atoms with E-state index >= 15 is 0 Å². The Kier molecular flexibility index (Phi) is 6.40. The molecule has 0 spiro atoms. The second-order valence-electron chi connectivity index (χ2n) is 4.66. The fourth-order valence-electron chi connectivity index (χ4n) is 1.82. The molecule has 100 valence electrons. The van der Waals surface area contributed by atoms with Crippen molar-refractivity contribution in [1.82, 2.24) is 4.98 Å². The zero-order chi connectivity index (χ0) is 13.4. The van der Waals surface area contributed by atoms with E-state index < -0.39 is 0 Å². The summed E-state index contributed by atoms with van der Waals surface area (Å²) in [5.41, 5.74) is 0.685. The van der Waals surface area contributed by atoms with E-state index in [1.54, 1.807) is 13.1 Å². The number of nitrogens with zero attached hydrogens (tertiary/aromatic N) is 2. The number of Topliss-reactive ketones (excluding diaryl/α,β-unsaturated/α-hetero) is 1. The Balaban J connectivity index is 2.73. The first kappa shape index (κ1) is 14.7. The normalized spacial score (nSPS) is 10.4. The van der Waals surface area contributed by atoms with Gasteiger partial charge < -0.3 is 4.90 Å². The Morgan fingerprint density at radius 2 is 1.78 bits per heavy atom. The van der Waals surface area contributed by atoms with E-state index in [1.165, 1.54) is 25.7 Å². The van der Waals surface area contributed by atoms with Crippen molar-refractivity contribution in [1.29, 1.82) is 0 Å². The monoisotopic (exact) mass is 248 g/mol. The number of unbranched alkanes of at least 4 members (excludes halogenated alkanes) is 2. The SMILES string of the molecule is CCCCN(CCCC)c1ccc(C(C)=O)cn1. The molecule has 1 aromatic heterocycles. The molecule has 0 aliphatic carbocycles. The van der Waals surface area contributed by atoms with Gasteiger partial charge in [-0.1, -0.05) is 26.7 Å². The van der Waals surface area contributed by atoms with Gasteiger partial charge in [0.05, 0.1) is 0 Å². The Morgan fingerprint density at radius 3 is 2.17 bits per heavy atom. The van der Waals surface area contributed by atoms with Crippen molar-refractivity contribution in [3.63, 3.8) is 0 Å². The van der Waals surface area contributed by atoms with Crippen molar-refractivity contribution in [3.8, 4) is 0 Å². The maximum atomic E-state index is 11.2. The van der Waals surface area contributed by atoms with Gasteiger partial charge in [0, 0.05) is 24.8 Å². The highest BCUT2D eigenvalue weighted by atomic mass is 16.1. The highest BCUT2D eigenvalue weighted by molar-refractivity contribution is 5.93. The summed E-state index contributed by atoms with van der Waals surface area (Å²) < 4.78 is 0. The van der Waals surface area contributed by atoms with Gasteiger partial charge in [-0.3, -0.25) is 4.79 Å². The number of pyridine rings is 1. The summed E-state index contributed by atoms with van der Waals surface area (Å²) in [6.07, 6.45) is 6.42. The number of carbonyl (C=O) groups is 1. The molecule has 0 N–H and O–H groups in total. The molecule has 0 aliphatic heterocycles. The average Bonchev–Trinajstić information content (AvgIpc) is 2.39. The van der Waals surface area contributed by atoms with Gasteiger partial charge in [-0.15, -0.1) is 0 Å². The molecule has 0 radical (unpaired) electrons. The maximum Gasteiger partial charge on any atom is 0.161 e. The summed E-state index contributed by atoms with van der Waals surface area (Å²) >= 11 is 0. The molecule has 3 heteroatoms. The molecule has 1 heterocycles. The van der Waals surface area contributed by atoms with E-state index in [9.17, 15) is 4.79 Å². The number of ketones is 1. The summed E-state index contributed by atoms with van der Waals surface area (Å²) in [4.78, 5) is 17.9. The Hall–Kier alpha value is -1.38. The van der Waals surface area contributed by atoms with Crippen LogP contribution >= 0.6 is 0 Å². The van der Waals surface area contributed by atoms with Crippen molar-refractivity contribution >= 4 is 11.6 Å². The molecule has 0 bridgehead atoms.